The first kappa shape index (κ1) is 12.6. The number of aliphatic carboxylic acids is 1. The monoisotopic (exact) mass is 224 g/mol. The summed E-state index contributed by atoms with van der Waals surface area (Å²) in [6, 6.07) is 0. The average molecular weight is 224 g/mol. The fourth-order valence-electron chi connectivity index (χ4n) is 1.58. The minimum absolute atomic E-state index is 0.0747. The van der Waals surface area contributed by atoms with Gasteiger partial charge in [-0.3, -0.25) is 9.59 Å². The van der Waals surface area contributed by atoms with E-state index in [-0.39, 0.29) is 12.2 Å². The van der Waals surface area contributed by atoms with Crippen LogP contribution < -0.4 is 0 Å². The third kappa shape index (κ3) is 3.98. The molecule has 88 valence electrons. The molecule has 0 radical (unpaired) electrons. The summed E-state index contributed by atoms with van der Waals surface area (Å²) in [5, 5.41) is 17.8. The van der Waals surface area contributed by atoms with E-state index in [9.17, 15) is 14.7 Å². The van der Waals surface area contributed by atoms with Gasteiger partial charge in [-0.15, -0.1) is 0 Å². The van der Waals surface area contributed by atoms with Crippen LogP contribution in [-0.2, 0) is 9.59 Å². The summed E-state index contributed by atoms with van der Waals surface area (Å²) in [6.07, 6.45) is 8.05. The molecule has 0 aromatic heterocycles. The van der Waals surface area contributed by atoms with Crippen molar-refractivity contribution in [1.29, 1.82) is 0 Å². The first-order valence-electron chi connectivity index (χ1n) is 5.40. The Balaban J connectivity index is 2.17. The molecule has 2 unspecified atom stereocenters. The molecule has 4 heteroatoms. The van der Waals surface area contributed by atoms with Gasteiger partial charge < -0.3 is 10.2 Å². The molecule has 0 spiro atoms. The molecular formula is C12H16O4. The highest BCUT2D eigenvalue weighted by atomic mass is 16.4. The summed E-state index contributed by atoms with van der Waals surface area (Å²) in [4.78, 5) is 21.4. The molecule has 0 saturated carbocycles. The third-order valence-corrected chi connectivity index (χ3v) is 2.51. The number of carbonyl (C=O) groups excluding carboxylic acids is 1. The highest BCUT2D eigenvalue weighted by Crippen LogP contribution is 2.17. The van der Waals surface area contributed by atoms with Crippen LogP contribution in [0.4, 0.5) is 0 Å². The van der Waals surface area contributed by atoms with Crippen LogP contribution in [0.5, 0.6) is 0 Å². The van der Waals surface area contributed by atoms with Gasteiger partial charge in [-0.05, 0) is 25.3 Å². The van der Waals surface area contributed by atoms with Crippen LogP contribution in [-0.4, -0.2) is 28.1 Å². The molecule has 0 saturated heterocycles. The van der Waals surface area contributed by atoms with Gasteiger partial charge in [-0.2, -0.15) is 0 Å². The number of carbonyl (C=O) groups is 2. The van der Waals surface area contributed by atoms with Crippen molar-refractivity contribution in [3.05, 3.63) is 24.3 Å². The van der Waals surface area contributed by atoms with Gasteiger partial charge in [0, 0.05) is 6.42 Å². The van der Waals surface area contributed by atoms with E-state index >= 15 is 0 Å². The topological polar surface area (TPSA) is 74.6 Å². The first-order valence-corrected chi connectivity index (χ1v) is 5.40. The number of hydrogen-bond acceptors (Lipinski definition) is 3. The molecule has 1 aliphatic carbocycles. The Morgan fingerprint density at radius 3 is 2.75 bits per heavy atom. The number of aliphatic hydroxyl groups is 1. The van der Waals surface area contributed by atoms with E-state index in [0.717, 1.165) is 12.8 Å². The van der Waals surface area contributed by atoms with Crippen molar-refractivity contribution in [2.24, 2.45) is 5.92 Å². The Hall–Kier alpha value is -1.42. The second-order valence-corrected chi connectivity index (χ2v) is 3.85. The van der Waals surface area contributed by atoms with E-state index in [1.165, 1.54) is 12.2 Å². The highest BCUT2D eigenvalue weighted by molar-refractivity contribution is 5.96. The van der Waals surface area contributed by atoms with E-state index < -0.39 is 18.0 Å². The molecule has 16 heavy (non-hydrogen) atoms. The minimum atomic E-state index is -0.783. The molecule has 0 fully saturated rings. The van der Waals surface area contributed by atoms with Crippen molar-refractivity contribution in [3.63, 3.8) is 0 Å². The summed E-state index contributed by atoms with van der Waals surface area (Å²) >= 11 is 0. The number of rotatable bonds is 6. The van der Waals surface area contributed by atoms with Crippen LogP contribution in [0.3, 0.4) is 0 Å². The molecule has 2 atom stereocenters. The van der Waals surface area contributed by atoms with Gasteiger partial charge in [0.1, 0.15) is 0 Å². The van der Waals surface area contributed by atoms with Crippen LogP contribution in [0.1, 0.15) is 25.7 Å². The Labute approximate surface area is 94.3 Å². The number of ketones is 1. The molecule has 0 bridgehead atoms. The average Bonchev–Trinajstić information content (AvgIpc) is 2.53. The van der Waals surface area contributed by atoms with Crippen molar-refractivity contribution in [3.8, 4) is 0 Å². The molecule has 0 amide bonds. The molecular weight excluding hydrogens is 208 g/mol. The van der Waals surface area contributed by atoms with Gasteiger partial charge in [0.05, 0.1) is 12.0 Å². The van der Waals surface area contributed by atoms with Gasteiger partial charge in [0.15, 0.2) is 5.78 Å². The highest BCUT2D eigenvalue weighted by Gasteiger charge is 2.25. The summed E-state index contributed by atoms with van der Waals surface area (Å²) in [7, 11) is 0. The lowest BCUT2D eigenvalue weighted by Gasteiger charge is -2.06. The zero-order chi connectivity index (χ0) is 12.0. The Kier molecular flexibility index (Phi) is 4.92. The number of carboxylic acid groups (broad SMARTS) is 1. The summed E-state index contributed by atoms with van der Waals surface area (Å²) in [5.74, 6) is -1.30. The maximum absolute atomic E-state index is 11.2. The number of hydrogen-bond donors (Lipinski definition) is 2. The normalized spacial score (nSPS) is 24.4. The van der Waals surface area contributed by atoms with Gasteiger partial charge in [-0.25, -0.2) is 0 Å². The number of aliphatic hydroxyl groups excluding tert-OH is 1. The van der Waals surface area contributed by atoms with Gasteiger partial charge >= 0.3 is 5.97 Å². The zero-order valence-electron chi connectivity index (χ0n) is 9.00. The SMILES string of the molecule is O=C(O)CCCC/C=C\C1C(=O)C=CC1O. The van der Waals surface area contributed by atoms with E-state index in [1.54, 1.807) is 6.08 Å². The zero-order valence-corrected chi connectivity index (χ0v) is 9.00. The van der Waals surface area contributed by atoms with Crippen molar-refractivity contribution in [2.45, 2.75) is 31.8 Å². The molecule has 0 aliphatic heterocycles. The minimum Gasteiger partial charge on any atom is -0.481 e. The van der Waals surface area contributed by atoms with E-state index in [1.807, 2.05) is 6.08 Å². The molecule has 1 rings (SSSR count). The first-order chi connectivity index (χ1) is 7.61. The molecule has 0 heterocycles. The van der Waals surface area contributed by atoms with Crippen molar-refractivity contribution in [2.75, 3.05) is 0 Å². The predicted octanol–water partition coefficient (Wildman–Crippen LogP) is 1.30. The van der Waals surface area contributed by atoms with Crippen LogP contribution in [0, 0.1) is 5.92 Å². The van der Waals surface area contributed by atoms with Crippen molar-refractivity contribution in [1.82, 2.24) is 0 Å². The molecule has 0 aromatic rings. The fourth-order valence-corrected chi connectivity index (χ4v) is 1.58. The Morgan fingerprint density at radius 1 is 1.44 bits per heavy atom. The van der Waals surface area contributed by atoms with Crippen LogP contribution in [0.2, 0.25) is 0 Å². The predicted molar refractivity (Wildman–Crippen MR) is 58.9 cm³/mol. The van der Waals surface area contributed by atoms with Crippen LogP contribution in [0.25, 0.3) is 0 Å². The van der Waals surface area contributed by atoms with Crippen LogP contribution >= 0.6 is 0 Å². The maximum Gasteiger partial charge on any atom is 0.303 e. The summed E-state index contributed by atoms with van der Waals surface area (Å²) < 4.78 is 0. The number of allylic oxidation sites excluding steroid dienone is 2. The third-order valence-electron chi connectivity index (χ3n) is 2.51. The standard InChI is InChI=1S/C12H16O4/c13-10-7-8-11(14)9(10)5-3-1-2-4-6-12(15)16/h3,5,7-10,13H,1-2,4,6H2,(H,15,16)/b5-3-. The van der Waals surface area contributed by atoms with E-state index in [2.05, 4.69) is 0 Å². The molecule has 4 nitrogen and oxygen atoms in total. The van der Waals surface area contributed by atoms with Crippen molar-refractivity contribution >= 4 is 11.8 Å². The van der Waals surface area contributed by atoms with Crippen molar-refractivity contribution < 1.29 is 19.8 Å². The number of carboxylic acids is 1. The molecule has 0 aromatic carbocycles. The summed E-state index contributed by atoms with van der Waals surface area (Å²) in [6.45, 7) is 0. The van der Waals surface area contributed by atoms with Gasteiger partial charge in [0.25, 0.3) is 0 Å². The van der Waals surface area contributed by atoms with Crippen LogP contribution in [0.15, 0.2) is 24.3 Å². The Bertz CT molecular complexity index is 317. The fraction of sp³-hybridized carbons (Fsp3) is 0.500. The lowest BCUT2D eigenvalue weighted by Crippen LogP contribution is -2.17. The molecule has 1 aliphatic rings. The second kappa shape index (κ2) is 6.23. The second-order valence-electron chi connectivity index (χ2n) is 3.85. The van der Waals surface area contributed by atoms with E-state index in [4.69, 9.17) is 5.11 Å². The summed E-state index contributed by atoms with van der Waals surface area (Å²) in [5.41, 5.74) is 0. The molecule has 2 N–H and O–H groups in total. The number of unbranched alkanes of at least 4 members (excludes halogenated alkanes) is 2. The Morgan fingerprint density at radius 2 is 2.19 bits per heavy atom. The lowest BCUT2D eigenvalue weighted by molar-refractivity contribution is -0.137. The van der Waals surface area contributed by atoms with Gasteiger partial charge in [0.2, 0.25) is 0 Å². The van der Waals surface area contributed by atoms with E-state index in [0.29, 0.717) is 6.42 Å². The lowest BCUT2D eigenvalue weighted by atomic mass is 10.0. The quantitative estimate of drug-likeness (QED) is 0.527. The van der Waals surface area contributed by atoms with Gasteiger partial charge in [-0.1, -0.05) is 18.2 Å². The smallest absolute Gasteiger partial charge is 0.303 e. The largest absolute Gasteiger partial charge is 0.481 e. The maximum atomic E-state index is 11.2.